The minimum absolute atomic E-state index is 0.0784. The summed E-state index contributed by atoms with van der Waals surface area (Å²) in [5.41, 5.74) is 0. The third kappa shape index (κ3) is 69.8. The zero-order valence-electron chi connectivity index (χ0n) is 55.7. The van der Waals surface area contributed by atoms with Gasteiger partial charge < -0.3 is 14.2 Å². The largest absolute Gasteiger partial charge is 0.462 e. The maximum Gasteiger partial charge on any atom is 0.306 e. The standard InChI is InChI=1S/C77H140O6/c1-4-7-10-13-16-19-22-25-27-29-31-33-34-35-36-37-38-39-40-41-42-44-45-47-49-52-55-58-61-64-67-70-76(79)82-73-74(72-81-75(78)69-66-63-60-57-54-51-24-21-18-15-12-9-6-3)83-77(80)71-68-65-62-59-56-53-50-48-46-43-32-30-28-26-23-20-17-14-11-8-5-2/h9,12,18,21-22,25,29,31,51,54,74H,4-8,10-11,13-17,19-20,23-24,26-28,30,32-50,52-53,55-73H2,1-3H3/b12-9-,21-18-,25-22-,31-29-,54-51-. The highest BCUT2D eigenvalue weighted by Crippen LogP contribution is 2.19. The number of carbonyl (C=O) groups excluding carboxylic acids is 3. The van der Waals surface area contributed by atoms with E-state index in [1.807, 2.05) is 0 Å². The summed E-state index contributed by atoms with van der Waals surface area (Å²) >= 11 is 0. The SMILES string of the molecule is CC/C=C\C/C=C\C/C=C\CCCCCC(=O)OCC(COC(=O)CCCCCCCCCCCCCCCCCCCCC/C=C\C/C=C\CCCCCCC)OC(=O)CCCCCCCCCCCCCCCCCCCCCCC. The lowest BCUT2D eigenvalue weighted by atomic mass is 10.0. The normalized spacial score (nSPS) is 12.4. The molecule has 0 aromatic carbocycles. The van der Waals surface area contributed by atoms with Crippen LogP contribution in [-0.4, -0.2) is 37.2 Å². The molecule has 0 amide bonds. The van der Waals surface area contributed by atoms with Crippen LogP contribution in [0.1, 0.15) is 393 Å². The van der Waals surface area contributed by atoms with E-state index in [1.54, 1.807) is 0 Å². The molecular formula is C77H140O6. The highest BCUT2D eigenvalue weighted by atomic mass is 16.6. The fourth-order valence-electron chi connectivity index (χ4n) is 11.0. The summed E-state index contributed by atoms with van der Waals surface area (Å²) in [5, 5.41) is 0. The summed E-state index contributed by atoms with van der Waals surface area (Å²) in [4.78, 5) is 38.4. The molecule has 0 bridgehead atoms. The molecule has 0 heterocycles. The second-order valence-corrected chi connectivity index (χ2v) is 24.8. The van der Waals surface area contributed by atoms with Crippen molar-refractivity contribution in [2.24, 2.45) is 0 Å². The Balaban J connectivity index is 4.17. The van der Waals surface area contributed by atoms with E-state index >= 15 is 0 Å². The Hall–Kier alpha value is -2.89. The molecule has 0 radical (unpaired) electrons. The number of rotatable bonds is 68. The minimum atomic E-state index is -0.785. The highest BCUT2D eigenvalue weighted by Gasteiger charge is 2.19. The monoisotopic (exact) mass is 1160 g/mol. The van der Waals surface area contributed by atoms with Gasteiger partial charge in [-0.15, -0.1) is 0 Å². The quantitative estimate of drug-likeness (QED) is 0.0261. The Labute approximate surface area is 517 Å². The molecule has 0 aromatic rings. The third-order valence-corrected chi connectivity index (χ3v) is 16.5. The minimum Gasteiger partial charge on any atom is -0.462 e. The molecule has 0 aliphatic carbocycles. The van der Waals surface area contributed by atoms with Crippen LogP contribution in [0.3, 0.4) is 0 Å². The lowest BCUT2D eigenvalue weighted by Crippen LogP contribution is -2.30. The molecule has 0 aromatic heterocycles. The van der Waals surface area contributed by atoms with Crippen molar-refractivity contribution < 1.29 is 28.6 Å². The van der Waals surface area contributed by atoms with Gasteiger partial charge in [-0.2, -0.15) is 0 Å². The molecular weight excluding hydrogens is 1020 g/mol. The lowest BCUT2D eigenvalue weighted by molar-refractivity contribution is -0.167. The number of hydrogen-bond acceptors (Lipinski definition) is 6. The second kappa shape index (κ2) is 71.6. The van der Waals surface area contributed by atoms with Gasteiger partial charge in [-0.05, 0) is 83.5 Å². The Kier molecular flexibility index (Phi) is 69.1. The van der Waals surface area contributed by atoms with Crippen molar-refractivity contribution >= 4 is 17.9 Å². The first kappa shape index (κ1) is 80.1. The summed E-state index contributed by atoms with van der Waals surface area (Å²) in [6, 6.07) is 0. The molecule has 0 saturated carbocycles. The van der Waals surface area contributed by atoms with Crippen LogP contribution in [-0.2, 0) is 28.6 Å². The van der Waals surface area contributed by atoms with E-state index in [-0.39, 0.29) is 31.1 Å². The van der Waals surface area contributed by atoms with Crippen molar-refractivity contribution in [3.8, 4) is 0 Å². The molecule has 1 unspecified atom stereocenters. The first-order chi connectivity index (χ1) is 41.0. The van der Waals surface area contributed by atoms with Crippen LogP contribution in [0.15, 0.2) is 60.8 Å². The molecule has 484 valence electrons. The molecule has 0 fully saturated rings. The fourth-order valence-corrected chi connectivity index (χ4v) is 11.0. The molecule has 6 heteroatoms. The zero-order valence-corrected chi connectivity index (χ0v) is 55.7. The van der Waals surface area contributed by atoms with Crippen LogP contribution in [0.25, 0.3) is 0 Å². The van der Waals surface area contributed by atoms with Crippen LogP contribution < -0.4 is 0 Å². The zero-order chi connectivity index (χ0) is 59.9. The van der Waals surface area contributed by atoms with E-state index in [0.29, 0.717) is 19.3 Å². The first-order valence-corrected chi connectivity index (χ1v) is 36.8. The first-order valence-electron chi connectivity index (χ1n) is 36.8. The number of carbonyl (C=O) groups is 3. The van der Waals surface area contributed by atoms with Crippen molar-refractivity contribution in [2.45, 2.75) is 399 Å². The Morgan fingerprint density at radius 1 is 0.253 bits per heavy atom. The van der Waals surface area contributed by atoms with Crippen LogP contribution in [0.2, 0.25) is 0 Å². The second-order valence-electron chi connectivity index (χ2n) is 24.8. The predicted octanol–water partition coefficient (Wildman–Crippen LogP) is 25.5. The van der Waals surface area contributed by atoms with Gasteiger partial charge in [0.15, 0.2) is 6.10 Å². The maximum absolute atomic E-state index is 13.0. The summed E-state index contributed by atoms with van der Waals surface area (Å²) in [6.45, 7) is 6.56. The van der Waals surface area contributed by atoms with Crippen LogP contribution >= 0.6 is 0 Å². The van der Waals surface area contributed by atoms with Gasteiger partial charge >= 0.3 is 17.9 Å². The van der Waals surface area contributed by atoms with E-state index in [4.69, 9.17) is 14.2 Å². The smallest absolute Gasteiger partial charge is 0.306 e. The van der Waals surface area contributed by atoms with E-state index in [0.717, 1.165) is 89.9 Å². The summed E-state index contributed by atoms with van der Waals surface area (Å²) in [5.74, 6) is -0.882. The van der Waals surface area contributed by atoms with Gasteiger partial charge in [0.2, 0.25) is 0 Å². The van der Waals surface area contributed by atoms with Gasteiger partial charge in [0.1, 0.15) is 13.2 Å². The number of unbranched alkanes of at least 4 members (excludes halogenated alkanes) is 47. The van der Waals surface area contributed by atoms with Crippen LogP contribution in [0.4, 0.5) is 0 Å². The van der Waals surface area contributed by atoms with E-state index < -0.39 is 6.10 Å². The molecule has 6 nitrogen and oxygen atoms in total. The number of ether oxygens (including phenoxy) is 3. The van der Waals surface area contributed by atoms with Crippen LogP contribution in [0.5, 0.6) is 0 Å². The summed E-state index contributed by atoms with van der Waals surface area (Å²) < 4.78 is 17.0. The van der Waals surface area contributed by atoms with Gasteiger partial charge in [-0.3, -0.25) is 14.4 Å². The molecule has 0 aliphatic heterocycles. The molecule has 0 rings (SSSR count). The predicted molar refractivity (Wildman–Crippen MR) is 362 cm³/mol. The Bertz CT molecular complexity index is 1470. The maximum atomic E-state index is 13.0. The Morgan fingerprint density at radius 2 is 0.470 bits per heavy atom. The molecule has 0 spiro atoms. The Morgan fingerprint density at radius 3 is 0.747 bits per heavy atom. The molecule has 0 saturated heterocycles. The van der Waals surface area contributed by atoms with Gasteiger partial charge in [-0.25, -0.2) is 0 Å². The summed E-state index contributed by atoms with van der Waals surface area (Å²) in [7, 11) is 0. The number of esters is 3. The van der Waals surface area contributed by atoms with Crippen molar-refractivity contribution in [3.63, 3.8) is 0 Å². The fraction of sp³-hybridized carbons (Fsp3) is 0.831. The lowest BCUT2D eigenvalue weighted by Gasteiger charge is -2.18. The summed E-state index contributed by atoms with van der Waals surface area (Å²) in [6.07, 6.45) is 92.8. The van der Waals surface area contributed by atoms with Gasteiger partial charge in [0.05, 0.1) is 0 Å². The van der Waals surface area contributed by atoms with E-state index in [2.05, 4.69) is 81.5 Å². The molecule has 0 aliphatic rings. The highest BCUT2D eigenvalue weighted by molar-refractivity contribution is 5.71. The average molecular weight is 1160 g/mol. The van der Waals surface area contributed by atoms with E-state index in [9.17, 15) is 14.4 Å². The number of hydrogen-bond donors (Lipinski definition) is 0. The number of allylic oxidation sites excluding steroid dienone is 10. The van der Waals surface area contributed by atoms with Crippen LogP contribution in [0, 0.1) is 0 Å². The van der Waals surface area contributed by atoms with Crippen molar-refractivity contribution in [1.29, 1.82) is 0 Å². The van der Waals surface area contributed by atoms with Gasteiger partial charge in [0.25, 0.3) is 0 Å². The molecule has 0 N–H and O–H groups in total. The topological polar surface area (TPSA) is 78.9 Å². The van der Waals surface area contributed by atoms with E-state index in [1.165, 1.54) is 263 Å². The van der Waals surface area contributed by atoms with Gasteiger partial charge in [-0.1, -0.05) is 351 Å². The van der Waals surface area contributed by atoms with Crippen molar-refractivity contribution in [1.82, 2.24) is 0 Å². The van der Waals surface area contributed by atoms with Crippen molar-refractivity contribution in [3.05, 3.63) is 60.8 Å². The third-order valence-electron chi connectivity index (χ3n) is 16.5. The average Bonchev–Trinajstić information content (AvgIpc) is 3.49. The molecule has 83 heavy (non-hydrogen) atoms. The van der Waals surface area contributed by atoms with Crippen molar-refractivity contribution in [2.75, 3.05) is 13.2 Å². The van der Waals surface area contributed by atoms with Gasteiger partial charge in [0, 0.05) is 19.3 Å². The molecule has 1 atom stereocenters.